The molecular formula is C8H18N2. The van der Waals surface area contributed by atoms with Gasteiger partial charge in [0.05, 0.1) is 0 Å². The second-order valence-corrected chi connectivity index (χ2v) is 3.80. The van der Waals surface area contributed by atoms with Crippen LogP contribution < -0.4 is 10.6 Å². The first-order chi connectivity index (χ1) is 4.67. The van der Waals surface area contributed by atoms with E-state index in [1.165, 1.54) is 13.0 Å². The summed E-state index contributed by atoms with van der Waals surface area (Å²) in [5.74, 6) is 0. The van der Waals surface area contributed by atoms with Crippen molar-refractivity contribution in [3.8, 4) is 0 Å². The Morgan fingerprint density at radius 3 is 2.70 bits per heavy atom. The summed E-state index contributed by atoms with van der Waals surface area (Å²) in [6.45, 7) is 6.93. The smallest absolute Gasteiger partial charge is 0.0243 e. The molecule has 0 aromatic heterocycles. The summed E-state index contributed by atoms with van der Waals surface area (Å²) in [4.78, 5) is 0. The second kappa shape index (κ2) is 2.89. The van der Waals surface area contributed by atoms with E-state index < -0.39 is 0 Å². The number of hydrogen-bond acceptors (Lipinski definition) is 2. The summed E-state index contributed by atoms with van der Waals surface area (Å²) in [6, 6.07) is 0.664. The molecule has 1 atom stereocenters. The molecule has 0 saturated carbocycles. The molecular weight excluding hydrogens is 124 g/mol. The first kappa shape index (κ1) is 8.02. The van der Waals surface area contributed by atoms with Crippen LogP contribution in [0.15, 0.2) is 0 Å². The molecule has 60 valence electrons. The second-order valence-electron chi connectivity index (χ2n) is 3.80. The maximum atomic E-state index is 3.49. The molecule has 0 radical (unpaired) electrons. The molecule has 1 fully saturated rings. The van der Waals surface area contributed by atoms with Crippen molar-refractivity contribution < 1.29 is 0 Å². The fraction of sp³-hybridized carbons (Fsp3) is 1.00. The number of nitrogens with one attached hydrogen (secondary N) is 2. The minimum Gasteiger partial charge on any atom is -0.318 e. The van der Waals surface area contributed by atoms with Gasteiger partial charge >= 0.3 is 0 Å². The van der Waals surface area contributed by atoms with Crippen LogP contribution in [0, 0.1) is 5.41 Å². The molecule has 0 bridgehead atoms. The van der Waals surface area contributed by atoms with Crippen LogP contribution in [0.2, 0.25) is 0 Å². The van der Waals surface area contributed by atoms with Crippen molar-refractivity contribution in [2.24, 2.45) is 5.41 Å². The van der Waals surface area contributed by atoms with Crippen LogP contribution in [0.25, 0.3) is 0 Å². The van der Waals surface area contributed by atoms with Gasteiger partial charge in [-0.05, 0) is 25.4 Å². The van der Waals surface area contributed by atoms with Gasteiger partial charge in [-0.2, -0.15) is 0 Å². The van der Waals surface area contributed by atoms with Gasteiger partial charge in [-0.1, -0.05) is 13.8 Å². The maximum Gasteiger partial charge on any atom is 0.0243 e. The summed E-state index contributed by atoms with van der Waals surface area (Å²) >= 11 is 0. The van der Waals surface area contributed by atoms with Crippen molar-refractivity contribution >= 4 is 0 Å². The van der Waals surface area contributed by atoms with E-state index in [0.29, 0.717) is 11.5 Å². The lowest BCUT2D eigenvalue weighted by Crippen LogP contribution is -2.40. The standard InChI is InChI=1S/C8H18N2/c1-8(2)4-5-10-7(8)6-9-3/h7,9-10H,4-6H2,1-3H3. The van der Waals surface area contributed by atoms with Gasteiger partial charge in [-0.25, -0.2) is 0 Å². The molecule has 1 aliphatic rings. The zero-order valence-electron chi connectivity index (χ0n) is 7.20. The monoisotopic (exact) mass is 142 g/mol. The zero-order valence-corrected chi connectivity index (χ0v) is 7.20. The largest absolute Gasteiger partial charge is 0.318 e. The molecule has 1 aliphatic heterocycles. The minimum atomic E-state index is 0.489. The Hall–Kier alpha value is -0.0800. The minimum absolute atomic E-state index is 0.489. The highest BCUT2D eigenvalue weighted by Gasteiger charge is 2.33. The van der Waals surface area contributed by atoms with Crippen molar-refractivity contribution in [2.45, 2.75) is 26.3 Å². The fourth-order valence-electron chi connectivity index (χ4n) is 1.57. The van der Waals surface area contributed by atoms with Crippen LogP contribution in [0.3, 0.4) is 0 Å². The Balaban J connectivity index is 2.43. The quantitative estimate of drug-likeness (QED) is 0.590. The molecule has 2 heteroatoms. The Labute approximate surface area is 63.4 Å². The average molecular weight is 142 g/mol. The lowest BCUT2D eigenvalue weighted by atomic mass is 9.85. The van der Waals surface area contributed by atoms with Crippen LogP contribution in [-0.2, 0) is 0 Å². The molecule has 10 heavy (non-hydrogen) atoms. The maximum absolute atomic E-state index is 3.49. The summed E-state index contributed by atoms with van der Waals surface area (Å²) in [7, 11) is 2.01. The summed E-state index contributed by atoms with van der Waals surface area (Å²) < 4.78 is 0. The van der Waals surface area contributed by atoms with Crippen LogP contribution >= 0.6 is 0 Å². The lowest BCUT2D eigenvalue weighted by molar-refractivity contribution is 0.308. The van der Waals surface area contributed by atoms with Crippen LogP contribution in [0.5, 0.6) is 0 Å². The molecule has 0 aromatic rings. The van der Waals surface area contributed by atoms with E-state index in [9.17, 15) is 0 Å². The SMILES string of the molecule is CNCC1NCCC1(C)C. The zero-order chi connectivity index (χ0) is 7.61. The van der Waals surface area contributed by atoms with E-state index >= 15 is 0 Å². The van der Waals surface area contributed by atoms with Gasteiger partial charge in [0.15, 0.2) is 0 Å². The van der Waals surface area contributed by atoms with Gasteiger partial charge < -0.3 is 10.6 Å². The third kappa shape index (κ3) is 1.50. The highest BCUT2D eigenvalue weighted by atomic mass is 15.0. The van der Waals surface area contributed by atoms with Crippen LogP contribution in [0.4, 0.5) is 0 Å². The molecule has 1 unspecified atom stereocenters. The van der Waals surface area contributed by atoms with Gasteiger partial charge in [-0.15, -0.1) is 0 Å². The van der Waals surface area contributed by atoms with Crippen LogP contribution in [-0.4, -0.2) is 26.2 Å². The molecule has 2 nitrogen and oxygen atoms in total. The fourth-order valence-corrected chi connectivity index (χ4v) is 1.57. The molecule has 0 amide bonds. The summed E-state index contributed by atoms with van der Waals surface area (Å²) in [6.07, 6.45) is 1.30. The molecule has 1 heterocycles. The van der Waals surface area contributed by atoms with Gasteiger partial charge in [0.25, 0.3) is 0 Å². The molecule has 0 spiro atoms. The highest BCUT2D eigenvalue weighted by Crippen LogP contribution is 2.28. The van der Waals surface area contributed by atoms with E-state index in [1.54, 1.807) is 0 Å². The Kier molecular flexibility index (Phi) is 2.32. The van der Waals surface area contributed by atoms with Crippen molar-refractivity contribution in [1.29, 1.82) is 0 Å². The van der Waals surface area contributed by atoms with Gasteiger partial charge in [0, 0.05) is 12.6 Å². The van der Waals surface area contributed by atoms with Crippen LogP contribution in [0.1, 0.15) is 20.3 Å². The molecule has 1 saturated heterocycles. The van der Waals surface area contributed by atoms with E-state index in [1.807, 2.05) is 7.05 Å². The molecule has 1 rings (SSSR count). The van der Waals surface area contributed by atoms with E-state index in [-0.39, 0.29) is 0 Å². The lowest BCUT2D eigenvalue weighted by Gasteiger charge is -2.25. The van der Waals surface area contributed by atoms with Crippen molar-refractivity contribution in [1.82, 2.24) is 10.6 Å². The molecule has 0 aliphatic carbocycles. The van der Waals surface area contributed by atoms with E-state index in [2.05, 4.69) is 24.5 Å². The number of rotatable bonds is 2. The Morgan fingerprint density at radius 2 is 2.30 bits per heavy atom. The molecule has 0 aromatic carbocycles. The highest BCUT2D eigenvalue weighted by molar-refractivity contribution is 4.91. The third-order valence-corrected chi connectivity index (χ3v) is 2.51. The van der Waals surface area contributed by atoms with E-state index in [0.717, 1.165) is 6.54 Å². The van der Waals surface area contributed by atoms with Crippen molar-refractivity contribution in [3.05, 3.63) is 0 Å². The Bertz CT molecular complexity index is 110. The topological polar surface area (TPSA) is 24.1 Å². The van der Waals surface area contributed by atoms with Crippen molar-refractivity contribution in [2.75, 3.05) is 20.1 Å². The first-order valence-corrected chi connectivity index (χ1v) is 4.05. The van der Waals surface area contributed by atoms with Gasteiger partial charge in [0.2, 0.25) is 0 Å². The summed E-state index contributed by atoms with van der Waals surface area (Å²) in [5.41, 5.74) is 0.489. The summed E-state index contributed by atoms with van der Waals surface area (Å²) in [5, 5.41) is 6.69. The van der Waals surface area contributed by atoms with Crippen molar-refractivity contribution in [3.63, 3.8) is 0 Å². The normalized spacial score (nSPS) is 30.9. The van der Waals surface area contributed by atoms with Gasteiger partial charge in [-0.3, -0.25) is 0 Å². The average Bonchev–Trinajstić information content (AvgIpc) is 2.13. The first-order valence-electron chi connectivity index (χ1n) is 4.05. The third-order valence-electron chi connectivity index (χ3n) is 2.51. The number of hydrogen-bond donors (Lipinski definition) is 2. The predicted octanol–water partition coefficient (Wildman–Crippen LogP) is 0.594. The van der Waals surface area contributed by atoms with Gasteiger partial charge in [0.1, 0.15) is 0 Å². The predicted molar refractivity (Wildman–Crippen MR) is 44.1 cm³/mol. The number of likely N-dealkylation sites (N-methyl/N-ethyl adjacent to an activating group) is 1. The van der Waals surface area contributed by atoms with E-state index in [4.69, 9.17) is 0 Å². The molecule has 2 N–H and O–H groups in total. The Morgan fingerprint density at radius 1 is 1.60 bits per heavy atom.